The molecule has 0 bridgehead atoms. The van der Waals surface area contributed by atoms with E-state index in [0.717, 1.165) is 6.54 Å². The molecule has 0 heterocycles. The molecule has 6 nitrogen and oxygen atoms in total. The lowest BCUT2D eigenvalue weighted by atomic mass is 10.0. The molecule has 0 fully saturated rings. The van der Waals surface area contributed by atoms with E-state index in [0.29, 0.717) is 12.1 Å². The molecule has 0 aromatic carbocycles. The highest BCUT2D eigenvalue weighted by Gasteiger charge is 2.17. The summed E-state index contributed by atoms with van der Waals surface area (Å²) in [7, 11) is 0. The molecule has 104 valence electrons. The zero-order chi connectivity index (χ0) is 14.1. The molecule has 0 aliphatic heterocycles. The molecule has 0 aromatic heterocycles. The minimum absolute atomic E-state index is 0.0622. The van der Waals surface area contributed by atoms with Gasteiger partial charge in [0.1, 0.15) is 0 Å². The van der Waals surface area contributed by atoms with Crippen LogP contribution in [0.5, 0.6) is 0 Å². The molecule has 0 saturated carbocycles. The third kappa shape index (κ3) is 6.90. The molecule has 0 saturated heterocycles. The van der Waals surface area contributed by atoms with Crippen molar-refractivity contribution in [3.63, 3.8) is 0 Å². The topological polar surface area (TPSA) is 96.2 Å². The van der Waals surface area contributed by atoms with Crippen molar-refractivity contribution in [1.29, 1.82) is 0 Å². The van der Waals surface area contributed by atoms with Crippen LogP contribution >= 0.6 is 0 Å². The van der Waals surface area contributed by atoms with Gasteiger partial charge in [0, 0.05) is 24.4 Å². The quantitative estimate of drug-likeness (QED) is 0.363. The summed E-state index contributed by atoms with van der Waals surface area (Å²) >= 11 is 0. The number of carbonyl (C=O) groups is 2. The molecular formula is C12H24N4O2. The second kappa shape index (κ2) is 8.52. The van der Waals surface area contributed by atoms with Gasteiger partial charge in [0.25, 0.3) is 0 Å². The van der Waals surface area contributed by atoms with Crippen LogP contribution < -0.4 is 21.9 Å². The summed E-state index contributed by atoms with van der Waals surface area (Å²) in [5, 5.41) is 2.64. The fourth-order valence-corrected chi connectivity index (χ4v) is 1.21. The number of Topliss-reactive ketones (excluding diaryl/α,β-unsaturated/α-hetero) is 1. The lowest BCUT2D eigenvalue weighted by Crippen LogP contribution is -2.40. The minimum Gasteiger partial charge on any atom is -0.401 e. The van der Waals surface area contributed by atoms with Crippen molar-refractivity contribution in [2.75, 3.05) is 6.54 Å². The highest BCUT2D eigenvalue weighted by atomic mass is 16.2. The Hall–Kier alpha value is -1.56. The highest BCUT2D eigenvalue weighted by molar-refractivity contribution is 5.87. The average Bonchev–Trinajstić information content (AvgIpc) is 2.28. The summed E-state index contributed by atoms with van der Waals surface area (Å²) in [6.45, 7) is 7.62. The zero-order valence-corrected chi connectivity index (χ0v) is 11.5. The van der Waals surface area contributed by atoms with Gasteiger partial charge in [0.15, 0.2) is 5.78 Å². The Bertz CT molecular complexity index is 315. The summed E-state index contributed by atoms with van der Waals surface area (Å²) in [5.74, 6) is -0.503. The number of carbonyl (C=O) groups excluding carboxylic acids is 2. The molecule has 1 amide bonds. The van der Waals surface area contributed by atoms with Crippen molar-refractivity contribution in [3.8, 4) is 0 Å². The Morgan fingerprint density at radius 1 is 1.33 bits per heavy atom. The normalized spacial score (nSPS) is 14.8. The first-order valence-corrected chi connectivity index (χ1v) is 6.12. The van der Waals surface area contributed by atoms with Gasteiger partial charge in [-0.3, -0.25) is 9.59 Å². The van der Waals surface area contributed by atoms with Crippen LogP contribution in [0.4, 0.5) is 0 Å². The Kier molecular flexibility index (Phi) is 7.78. The van der Waals surface area contributed by atoms with E-state index in [1.807, 2.05) is 6.92 Å². The van der Waals surface area contributed by atoms with Crippen LogP contribution in [0.3, 0.4) is 0 Å². The smallest absolute Gasteiger partial charge is 0.223 e. The fraction of sp³-hybridized carbons (Fsp3) is 0.667. The Balaban J connectivity index is 4.15. The standard InChI is InChI=1S/C12H24N4O2/c1-5-14-15-7-11(13)6-8(2)12(18)16-9(3)10(4)17/h7-9,14-15H,5-6,13H2,1-4H3,(H,16,18)/b11-7-. The first-order valence-electron chi connectivity index (χ1n) is 6.12. The summed E-state index contributed by atoms with van der Waals surface area (Å²) in [5.41, 5.74) is 12.0. The van der Waals surface area contributed by atoms with Crippen LogP contribution in [0.15, 0.2) is 11.9 Å². The highest BCUT2D eigenvalue weighted by Crippen LogP contribution is 2.07. The zero-order valence-electron chi connectivity index (χ0n) is 11.5. The number of amides is 1. The van der Waals surface area contributed by atoms with E-state index in [9.17, 15) is 9.59 Å². The summed E-state index contributed by atoms with van der Waals surface area (Å²) < 4.78 is 0. The van der Waals surface area contributed by atoms with Crippen molar-refractivity contribution in [1.82, 2.24) is 16.2 Å². The van der Waals surface area contributed by atoms with Crippen LogP contribution in [0.2, 0.25) is 0 Å². The van der Waals surface area contributed by atoms with Gasteiger partial charge in [0.2, 0.25) is 5.91 Å². The molecule has 0 aliphatic rings. The molecule has 6 heteroatoms. The van der Waals surface area contributed by atoms with E-state index in [-0.39, 0.29) is 17.6 Å². The van der Waals surface area contributed by atoms with Gasteiger partial charge < -0.3 is 16.5 Å². The number of hydrogen-bond donors (Lipinski definition) is 4. The Morgan fingerprint density at radius 2 is 1.94 bits per heavy atom. The monoisotopic (exact) mass is 256 g/mol. The van der Waals surface area contributed by atoms with E-state index in [1.165, 1.54) is 6.92 Å². The molecule has 18 heavy (non-hydrogen) atoms. The van der Waals surface area contributed by atoms with E-state index in [2.05, 4.69) is 16.2 Å². The number of nitrogens with two attached hydrogens (primary N) is 1. The number of rotatable bonds is 8. The Labute approximate surface area is 108 Å². The number of ketones is 1. The number of hydrogen-bond acceptors (Lipinski definition) is 5. The third-order valence-corrected chi connectivity index (χ3v) is 2.49. The average molecular weight is 256 g/mol. The van der Waals surface area contributed by atoms with Gasteiger partial charge in [0.05, 0.1) is 6.04 Å². The van der Waals surface area contributed by atoms with Gasteiger partial charge >= 0.3 is 0 Å². The molecule has 0 radical (unpaired) electrons. The van der Waals surface area contributed by atoms with Crippen molar-refractivity contribution in [2.45, 2.75) is 40.2 Å². The number of nitrogens with one attached hydrogen (secondary N) is 3. The molecule has 2 unspecified atom stereocenters. The summed E-state index contributed by atoms with van der Waals surface area (Å²) in [6.07, 6.45) is 2.07. The van der Waals surface area contributed by atoms with Crippen molar-refractivity contribution >= 4 is 11.7 Å². The van der Waals surface area contributed by atoms with Crippen LogP contribution in [0.25, 0.3) is 0 Å². The van der Waals surface area contributed by atoms with Crippen molar-refractivity contribution in [2.24, 2.45) is 11.7 Å². The predicted octanol–water partition coefficient (Wildman–Crippen LogP) is 0.0205. The summed E-state index contributed by atoms with van der Waals surface area (Å²) in [4.78, 5) is 22.8. The third-order valence-electron chi connectivity index (χ3n) is 2.49. The van der Waals surface area contributed by atoms with E-state index >= 15 is 0 Å². The van der Waals surface area contributed by atoms with E-state index in [1.54, 1.807) is 20.0 Å². The lowest BCUT2D eigenvalue weighted by Gasteiger charge is -2.15. The molecule has 0 aliphatic carbocycles. The largest absolute Gasteiger partial charge is 0.401 e. The van der Waals surface area contributed by atoms with E-state index < -0.39 is 6.04 Å². The SMILES string of the molecule is CCNN/C=C(\N)CC(C)C(=O)NC(C)C(C)=O. The maximum absolute atomic E-state index is 11.7. The minimum atomic E-state index is -0.454. The molecule has 5 N–H and O–H groups in total. The van der Waals surface area contributed by atoms with Crippen molar-refractivity contribution < 1.29 is 9.59 Å². The molecule has 0 aromatic rings. The molecule has 0 rings (SSSR count). The van der Waals surface area contributed by atoms with Gasteiger partial charge in [-0.15, -0.1) is 0 Å². The second-order valence-electron chi connectivity index (χ2n) is 4.34. The molecule has 0 spiro atoms. The fourth-order valence-electron chi connectivity index (χ4n) is 1.21. The van der Waals surface area contributed by atoms with Crippen LogP contribution in [0, 0.1) is 5.92 Å². The van der Waals surface area contributed by atoms with Crippen LogP contribution in [-0.4, -0.2) is 24.3 Å². The van der Waals surface area contributed by atoms with Gasteiger partial charge in [-0.25, -0.2) is 5.43 Å². The van der Waals surface area contributed by atoms with Crippen molar-refractivity contribution in [3.05, 3.63) is 11.9 Å². The predicted molar refractivity (Wildman–Crippen MR) is 71.1 cm³/mol. The number of hydrazine groups is 1. The maximum atomic E-state index is 11.7. The molecule has 2 atom stereocenters. The Morgan fingerprint density at radius 3 is 2.44 bits per heavy atom. The second-order valence-corrected chi connectivity index (χ2v) is 4.34. The molecular weight excluding hydrogens is 232 g/mol. The first-order chi connectivity index (χ1) is 8.38. The van der Waals surface area contributed by atoms with Crippen LogP contribution in [0.1, 0.15) is 34.1 Å². The van der Waals surface area contributed by atoms with Gasteiger partial charge in [-0.2, -0.15) is 0 Å². The summed E-state index contributed by atoms with van der Waals surface area (Å²) in [6, 6.07) is -0.454. The maximum Gasteiger partial charge on any atom is 0.223 e. The van der Waals surface area contributed by atoms with E-state index in [4.69, 9.17) is 5.73 Å². The lowest BCUT2D eigenvalue weighted by molar-refractivity contribution is -0.128. The first kappa shape index (κ1) is 16.4. The van der Waals surface area contributed by atoms with Gasteiger partial charge in [-0.1, -0.05) is 13.8 Å². The van der Waals surface area contributed by atoms with Crippen LogP contribution in [-0.2, 0) is 9.59 Å². The number of allylic oxidation sites excluding steroid dienone is 1. The van der Waals surface area contributed by atoms with Gasteiger partial charge in [-0.05, 0) is 20.3 Å².